The molecule has 1 rings (SSSR count). The zero-order valence-corrected chi connectivity index (χ0v) is 10.7. The van der Waals surface area contributed by atoms with Crippen LogP contribution in [-0.2, 0) is 9.47 Å². The Morgan fingerprint density at radius 1 is 1.33 bits per heavy atom. The first-order chi connectivity index (χ1) is 8.58. The van der Waals surface area contributed by atoms with Crippen molar-refractivity contribution in [1.82, 2.24) is 0 Å². The Hall–Kier alpha value is -1.64. The summed E-state index contributed by atoms with van der Waals surface area (Å²) in [6, 6.07) is 6.15. The smallest absolute Gasteiger partial charge is 0.159 e. The summed E-state index contributed by atoms with van der Waals surface area (Å²) in [4.78, 5) is 0. The number of hydrogen-bond acceptors (Lipinski definition) is 4. The summed E-state index contributed by atoms with van der Waals surface area (Å²) in [5.74, 6) is -0.329. The van der Waals surface area contributed by atoms with Gasteiger partial charge in [-0.2, -0.15) is 5.26 Å². The predicted molar refractivity (Wildman–Crippen MR) is 66.6 cm³/mol. The molecule has 0 heterocycles. The number of anilines is 1. The van der Waals surface area contributed by atoms with Gasteiger partial charge in [-0.1, -0.05) is 0 Å². The Kier molecular flexibility index (Phi) is 5.56. The lowest BCUT2D eigenvalue weighted by molar-refractivity contribution is -0.106. The summed E-state index contributed by atoms with van der Waals surface area (Å²) >= 11 is 0. The summed E-state index contributed by atoms with van der Waals surface area (Å²) in [6.07, 6.45) is -0.101. The molecular formula is C13H17FN2O2. The van der Waals surface area contributed by atoms with E-state index in [1.807, 2.05) is 0 Å². The molecule has 0 amide bonds. The van der Waals surface area contributed by atoms with Gasteiger partial charge in [0.25, 0.3) is 0 Å². The Morgan fingerprint density at radius 3 is 2.50 bits per heavy atom. The monoisotopic (exact) mass is 252 g/mol. The van der Waals surface area contributed by atoms with Crippen molar-refractivity contribution in [3.05, 3.63) is 29.6 Å². The number of rotatable bonds is 6. The SMILES string of the molecule is COC(CC(C#N)Nc1cc(C)cc(F)c1)OC. The zero-order valence-electron chi connectivity index (χ0n) is 10.7. The number of aryl methyl sites for hydroxylation is 1. The molecule has 1 unspecified atom stereocenters. The van der Waals surface area contributed by atoms with E-state index in [0.717, 1.165) is 5.56 Å². The molecule has 0 saturated heterocycles. The molecule has 1 atom stereocenters. The lowest BCUT2D eigenvalue weighted by Crippen LogP contribution is -2.26. The number of nitrogens with one attached hydrogen (secondary N) is 1. The van der Waals surface area contributed by atoms with Crippen LogP contribution in [0.1, 0.15) is 12.0 Å². The third kappa shape index (κ3) is 4.32. The summed E-state index contributed by atoms with van der Waals surface area (Å²) in [7, 11) is 3.02. The number of nitrogens with zero attached hydrogens (tertiary/aromatic N) is 1. The van der Waals surface area contributed by atoms with Gasteiger partial charge in [0, 0.05) is 26.3 Å². The largest absolute Gasteiger partial charge is 0.370 e. The number of halogens is 1. The molecule has 4 nitrogen and oxygen atoms in total. The first kappa shape index (κ1) is 14.4. The van der Waals surface area contributed by atoms with E-state index >= 15 is 0 Å². The van der Waals surface area contributed by atoms with Gasteiger partial charge in [-0.05, 0) is 30.7 Å². The van der Waals surface area contributed by atoms with Gasteiger partial charge in [-0.3, -0.25) is 0 Å². The molecule has 0 aliphatic rings. The Bertz CT molecular complexity index is 407. The number of hydrogen-bond donors (Lipinski definition) is 1. The predicted octanol–water partition coefficient (Wildman–Crippen LogP) is 2.45. The van der Waals surface area contributed by atoms with E-state index in [0.29, 0.717) is 12.1 Å². The second-order valence-corrected chi connectivity index (χ2v) is 3.98. The maximum Gasteiger partial charge on any atom is 0.159 e. The van der Waals surface area contributed by atoms with E-state index in [4.69, 9.17) is 14.7 Å². The van der Waals surface area contributed by atoms with Crippen molar-refractivity contribution < 1.29 is 13.9 Å². The van der Waals surface area contributed by atoms with E-state index in [1.165, 1.54) is 26.4 Å². The van der Waals surface area contributed by atoms with Gasteiger partial charge in [0.2, 0.25) is 0 Å². The molecule has 0 spiro atoms. The third-order valence-corrected chi connectivity index (χ3v) is 2.49. The van der Waals surface area contributed by atoms with Gasteiger partial charge in [0.15, 0.2) is 6.29 Å². The van der Waals surface area contributed by atoms with Gasteiger partial charge in [0.1, 0.15) is 11.9 Å². The molecule has 1 aromatic rings. The van der Waals surface area contributed by atoms with Crippen molar-refractivity contribution in [3.63, 3.8) is 0 Å². The second kappa shape index (κ2) is 6.94. The maximum atomic E-state index is 13.2. The van der Waals surface area contributed by atoms with Crippen LogP contribution in [0.5, 0.6) is 0 Å². The molecule has 0 aliphatic carbocycles. The molecular weight excluding hydrogens is 235 g/mol. The Morgan fingerprint density at radius 2 is 2.00 bits per heavy atom. The van der Waals surface area contributed by atoms with E-state index in [2.05, 4.69) is 11.4 Å². The highest BCUT2D eigenvalue weighted by Crippen LogP contribution is 2.16. The molecule has 0 saturated carbocycles. The molecule has 1 aromatic carbocycles. The summed E-state index contributed by atoms with van der Waals surface area (Å²) in [5.41, 5.74) is 1.37. The van der Waals surface area contributed by atoms with Crippen molar-refractivity contribution in [2.45, 2.75) is 25.7 Å². The van der Waals surface area contributed by atoms with Crippen LogP contribution in [0.25, 0.3) is 0 Å². The highest BCUT2D eigenvalue weighted by atomic mass is 19.1. The van der Waals surface area contributed by atoms with Crippen LogP contribution >= 0.6 is 0 Å². The lowest BCUT2D eigenvalue weighted by atomic mass is 10.1. The molecule has 1 N–H and O–H groups in total. The van der Waals surface area contributed by atoms with Crippen LogP contribution in [0.2, 0.25) is 0 Å². The van der Waals surface area contributed by atoms with Crippen LogP contribution in [0.4, 0.5) is 10.1 Å². The number of nitriles is 1. The van der Waals surface area contributed by atoms with Crippen molar-refractivity contribution in [3.8, 4) is 6.07 Å². The summed E-state index contributed by atoms with van der Waals surface area (Å²) in [5, 5.41) is 12.0. The minimum absolute atomic E-state index is 0.329. The van der Waals surface area contributed by atoms with Crippen molar-refractivity contribution in [2.24, 2.45) is 0 Å². The lowest BCUT2D eigenvalue weighted by Gasteiger charge is -2.18. The molecule has 18 heavy (non-hydrogen) atoms. The third-order valence-electron chi connectivity index (χ3n) is 2.49. The molecule has 0 aliphatic heterocycles. The molecule has 0 bridgehead atoms. The van der Waals surface area contributed by atoms with Gasteiger partial charge in [0.05, 0.1) is 6.07 Å². The molecule has 5 heteroatoms. The van der Waals surface area contributed by atoms with Crippen molar-refractivity contribution in [1.29, 1.82) is 5.26 Å². The summed E-state index contributed by atoms with van der Waals surface area (Å²) in [6.45, 7) is 1.79. The standard InChI is InChI=1S/C13H17FN2O2/c1-9-4-10(14)6-11(5-9)16-12(8-15)7-13(17-2)18-3/h4-6,12-13,16H,7H2,1-3H3. The van der Waals surface area contributed by atoms with Crippen molar-refractivity contribution in [2.75, 3.05) is 19.5 Å². The maximum absolute atomic E-state index is 13.2. The average molecular weight is 252 g/mol. The Balaban J connectivity index is 2.71. The fraction of sp³-hybridized carbons (Fsp3) is 0.462. The van der Waals surface area contributed by atoms with Gasteiger partial charge in [-0.25, -0.2) is 4.39 Å². The van der Waals surface area contributed by atoms with Gasteiger partial charge >= 0.3 is 0 Å². The number of methoxy groups -OCH3 is 2. The number of ether oxygens (including phenoxy) is 2. The minimum atomic E-state index is -0.504. The van der Waals surface area contributed by atoms with Gasteiger partial charge < -0.3 is 14.8 Å². The van der Waals surface area contributed by atoms with Crippen LogP contribution in [0, 0.1) is 24.1 Å². The van der Waals surface area contributed by atoms with E-state index in [9.17, 15) is 4.39 Å². The summed E-state index contributed by atoms with van der Waals surface area (Å²) < 4.78 is 23.3. The minimum Gasteiger partial charge on any atom is -0.370 e. The van der Waals surface area contributed by atoms with Gasteiger partial charge in [-0.15, -0.1) is 0 Å². The van der Waals surface area contributed by atoms with E-state index < -0.39 is 12.3 Å². The van der Waals surface area contributed by atoms with Crippen LogP contribution < -0.4 is 5.32 Å². The van der Waals surface area contributed by atoms with Crippen LogP contribution in [-0.4, -0.2) is 26.6 Å². The first-order valence-corrected chi connectivity index (χ1v) is 5.58. The molecule has 0 fully saturated rings. The topological polar surface area (TPSA) is 54.3 Å². The van der Waals surface area contributed by atoms with E-state index in [-0.39, 0.29) is 5.82 Å². The van der Waals surface area contributed by atoms with Crippen LogP contribution in [0.3, 0.4) is 0 Å². The van der Waals surface area contributed by atoms with E-state index in [1.54, 1.807) is 13.0 Å². The fourth-order valence-electron chi connectivity index (χ4n) is 1.65. The molecule has 98 valence electrons. The normalized spacial score (nSPS) is 12.2. The highest BCUT2D eigenvalue weighted by molar-refractivity contribution is 5.47. The molecule has 0 radical (unpaired) electrons. The quantitative estimate of drug-likeness (QED) is 0.790. The highest BCUT2D eigenvalue weighted by Gasteiger charge is 2.15. The number of benzene rings is 1. The zero-order chi connectivity index (χ0) is 13.5. The van der Waals surface area contributed by atoms with Crippen LogP contribution in [0.15, 0.2) is 18.2 Å². The average Bonchev–Trinajstić information content (AvgIpc) is 2.33. The second-order valence-electron chi connectivity index (χ2n) is 3.98. The van der Waals surface area contributed by atoms with Crippen molar-refractivity contribution >= 4 is 5.69 Å². The Labute approximate surface area is 106 Å². The first-order valence-electron chi connectivity index (χ1n) is 5.58. The molecule has 0 aromatic heterocycles. The fourth-order valence-corrected chi connectivity index (χ4v) is 1.65.